The molecule has 0 unspecified atom stereocenters. The molecule has 3 N–H and O–H groups in total. The molecule has 7 heteroatoms. The Kier molecular flexibility index (Phi) is 7.42. The number of nitrogens with zero attached hydrogens (tertiary/aromatic N) is 2. The van der Waals surface area contributed by atoms with Gasteiger partial charge in [0.1, 0.15) is 0 Å². The van der Waals surface area contributed by atoms with Crippen molar-refractivity contribution in [2.24, 2.45) is 5.92 Å². The fraction of sp³-hybridized carbons (Fsp3) is 0.433. The smallest absolute Gasteiger partial charge is 0.174 e. The fourth-order valence-electron chi connectivity index (χ4n) is 5.66. The minimum atomic E-state index is -0.0188. The number of ketones is 1. The number of carbonyl (C=O) groups excluding carboxylic acids is 1. The molecule has 2 aliphatic carbocycles. The van der Waals surface area contributed by atoms with Gasteiger partial charge in [-0.05, 0) is 87.0 Å². The number of fused-ring (bicyclic) bond motifs is 1. The number of anilines is 1. The lowest BCUT2D eigenvalue weighted by molar-refractivity contribution is 0.0968. The van der Waals surface area contributed by atoms with Crippen molar-refractivity contribution < 1.29 is 14.6 Å². The van der Waals surface area contributed by atoms with E-state index >= 15 is 0 Å². The topological polar surface area (TPSA) is 98.5 Å². The molecule has 0 radical (unpaired) electrons. The molecule has 194 valence electrons. The number of carbonyl (C=O) groups is 1. The molecule has 3 aromatic rings. The van der Waals surface area contributed by atoms with Gasteiger partial charge in [0.15, 0.2) is 23.7 Å². The largest absolute Gasteiger partial charge is 0.504 e. The summed E-state index contributed by atoms with van der Waals surface area (Å²) in [4.78, 5) is 20.5. The predicted molar refractivity (Wildman–Crippen MR) is 148 cm³/mol. The van der Waals surface area contributed by atoms with Gasteiger partial charge in [-0.15, -0.1) is 0 Å². The van der Waals surface area contributed by atoms with Crippen LogP contribution in [0.5, 0.6) is 11.5 Å². The second kappa shape index (κ2) is 10.9. The monoisotopic (exact) mass is 500 g/mol. The maximum absolute atomic E-state index is 13.3. The molecule has 0 saturated heterocycles. The molecular formula is C30H36N4O3. The van der Waals surface area contributed by atoms with E-state index in [2.05, 4.69) is 35.1 Å². The van der Waals surface area contributed by atoms with Gasteiger partial charge in [-0.1, -0.05) is 26.0 Å². The van der Waals surface area contributed by atoms with Gasteiger partial charge in [-0.2, -0.15) is 0 Å². The van der Waals surface area contributed by atoms with Crippen molar-refractivity contribution in [1.29, 1.82) is 5.41 Å². The standard InChI is InChI=1S/C30H36N4O3/c1-3-34(4-2)23-11-9-22(10-12-23)33-29-24-15-20(21-8-14-27(35)28(16-21)37-18-31)7-13-26(24)32-17-25(29)30(36)19-5-6-19/h7-8,13-19,22-23,31,35H,3-6,9-12H2,1-2H3,(H,32,33). The van der Waals surface area contributed by atoms with Gasteiger partial charge in [0.2, 0.25) is 0 Å². The van der Waals surface area contributed by atoms with Crippen molar-refractivity contribution >= 4 is 28.8 Å². The molecule has 37 heavy (non-hydrogen) atoms. The zero-order valence-corrected chi connectivity index (χ0v) is 21.7. The van der Waals surface area contributed by atoms with Crippen LogP contribution in [-0.4, -0.2) is 52.3 Å². The van der Waals surface area contributed by atoms with Gasteiger partial charge in [-0.25, -0.2) is 0 Å². The first kappa shape index (κ1) is 25.2. The van der Waals surface area contributed by atoms with Gasteiger partial charge >= 0.3 is 0 Å². The molecule has 0 aliphatic heterocycles. The maximum atomic E-state index is 13.3. The van der Waals surface area contributed by atoms with E-state index in [1.807, 2.05) is 18.2 Å². The number of aromatic hydroxyl groups is 1. The van der Waals surface area contributed by atoms with Gasteiger partial charge < -0.3 is 20.1 Å². The molecule has 5 rings (SSSR count). The summed E-state index contributed by atoms with van der Waals surface area (Å²) in [6.07, 6.45) is 8.92. The van der Waals surface area contributed by atoms with Crippen LogP contribution in [0, 0.1) is 11.3 Å². The summed E-state index contributed by atoms with van der Waals surface area (Å²) in [6, 6.07) is 12.1. The third-order valence-electron chi connectivity index (χ3n) is 7.93. The van der Waals surface area contributed by atoms with E-state index in [0.29, 0.717) is 17.6 Å². The molecule has 2 fully saturated rings. The lowest BCUT2D eigenvalue weighted by Gasteiger charge is -2.36. The summed E-state index contributed by atoms with van der Waals surface area (Å²) in [7, 11) is 0. The van der Waals surface area contributed by atoms with Crippen molar-refractivity contribution in [1.82, 2.24) is 9.88 Å². The quantitative estimate of drug-likeness (QED) is 0.173. The van der Waals surface area contributed by atoms with Crippen molar-refractivity contribution in [2.45, 2.75) is 64.5 Å². The molecule has 1 heterocycles. The van der Waals surface area contributed by atoms with Crippen LogP contribution in [-0.2, 0) is 0 Å². The first-order valence-electron chi connectivity index (χ1n) is 13.5. The number of rotatable bonds is 10. The van der Waals surface area contributed by atoms with Crippen LogP contribution in [0.3, 0.4) is 0 Å². The van der Waals surface area contributed by atoms with Crippen LogP contribution in [0.2, 0.25) is 0 Å². The van der Waals surface area contributed by atoms with Crippen LogP contribution < -0.4 is 10.1 Å². The second-order valence-electron chi connectivity index (χ2n) is 10.2. The molecule has 2 aliphatic rings. The van der Waals surface area contributed by atoms with Crippen LogP contribution in [0.1, 0.15) is 62.7 Å². The number of hydrogen-bond donors (Lipinski definition) is 3. The highest BCUT2D eigenvalue weighted by Crippen LogP contribution is 2.39. The second-order valence-corrected chi connectivity index (χ2v) is 10.2. The molecule has 1 aromatic heterocycles. The number of benzene rings is 2. The summed E-state index contributed by atoms with van der Waals surface area (Å²) in [5.74, 6) is 0.506. The van der Waals surface area contributed by atoms with Crippen molar-refractivity contribution in [3.8, 4) is 22.6 Å². The molecule has 0 bridgehead atoms. The van der Waals surface area contributed by atoms with Crippen LogP contribution in [0.4, 0.5) is 5.69 Å². The number of hydrogen-bond acceptors (Lipinski definition) is 7. The first-order valence-corrected chi connectivity index (χ1v) is 13.5. The predicted octanol–water partition coefficient (Wildman–Crippen LogP) is 6.25. The Bertz CT molecular complexity index is 1290. The van der Waals surface area contributed by atoms with Crippen LogP contribution in [0.25, 0.3) is 22.0 Å². The third-order valence-corrected chi connectivity index (χ3v) is 7.93. The summed E-state index contributed by atoms with van der Waals surface area (Å²) in [5, 5.41) is 22.0. The number of ether oxygens (including phenoxy) is 1. The Morgan fingerprint density at radius 1 is 1.08 bits per heavy atom. The number of Topliss-reactive ketones (excluding diaryl/α,β-unsaturated/α-hetero) is 1. The minimum Gasteiger partial charge on any atom is -0.504 e. The highest BCUT2D eigenvalue weighted by Gasteiger charge is 2.33. The van der Waals surface area contributed by atoms with Gasteiger partial charge in [-0.3, -0.25) is 15.2 Å². The number of pyridine rings is 1. The molecule has 0 spiro atoms. The summed E-state index contributed by atoms with van der Waals surface area (Å²) < 4.78 is 5.15. The van der Waals surface area contributed by atoms with Crippen molar-refractivity contribution in [2.75, 3.05) is 18.4 Å². The highest BCUT2D eigenvalue weighted by molar-refractivity contribution is 6.10. The number of phenols is 1. The average Bonchev–Trinajstić information content (AvgIpc) is 3.77. The molecular weight excluding hydrogens is 464 g/mol. The van der Waals surface area contributed by atoms with E-state index in [1.165, 1.54) is 0 Å². The number of phenolic OH excluding ortho intramolecular Hbond substituents is 1. The SMILES string of the molecule is CCN(CC)C1CCC(Nc2c(C(=O)C3CC3)cnc3ccc(-c4ccc(O)c(OC=N)c4)cc23)CC1. The molecule has 2 aromatic carbocycles. The maximum Gasteiger partial charge on any atom is 0.174 e. The van der Waals surface area contributed by atoms with E-state index in [9.17, 15) is 9.90 Å². The van der Waals surface area contributed by atoms with E-state index in [-0.39, 0.29) is 23.2 Å². The molecule has 2 saturated carbocycles. The third kappa shape index (κ3) is 5.32. The molecule has 0 amide bonds. The van der Waals surface area contributed by atoms with Crippen molar-refractivity contribution in [3.05, 3.63) is 48.2 Å². The highest BCUT2D eigenvalue weighted by atomic mass is 16.5. The number of nitrogens with one attached hydrogen (secondary N) is 2. The lowest BCUT2D eigenvalue weighted by Crippen LogP contribution is -2.40. The van der Waals surface area contributed by atoms with E-state index in [1.54, 1.807) is 18.3 Å². The minimum absolute atomic E-state index is 0.0188. The summed E-state index contributed by atoms with van der Waals surface area (Å²) >= 11 is 0. The zero-order chi connectivity index (χ0) is 25.9. The molecule has 7 nitrogen and oxygen atoms in total. The van der Waals surface area contributed by atoms with Crippen molar-refractivity contribution in [3.63, 3.8) is 0 Å². The van der Waals surface area contributed by atoms with Crippen LogP contribution in [0.15, 0.2) is 42.6 Å². The fourth-order valence-corrected chi connectivity index (χ4v) is 5.66. The molecule has 0 atom stereocenters. The van der Waals surface area contributed by atoms with Gasteiger partial charge in [0.05, 0.1) is 16.8 Å². The Balaban J connectivity index is 1.50. The average molecular weight is 501 g/mol. The zero-order valence-electron chi connectivity index (χ0n) is 21.7. The Morgan fingerprint density at radius 3 is 2.46 bits per heavy atom. The Labute approximate surface area is 218 Å². The normalized spacial score (nSPS) is 19.6. The van der Waals surface area contributed by atoms with E-state index in [0.717, 1.165) is 85.7 Å². The lowest BCUT2D eigenvalue weighted by atomic mass is 9.89. The summed E-state index contributed by atoms with van der Waals surface area (Å²) in [5.41, 5.74) is 4.20. The Hall–Kier alpha value is -3.45. The van der Waals surface area contributed by atoms with Crippen LogP contribution >= 0.6 is 0 Å². The van der Waals surface area contributed by atoms with Gasteiger partial charge in [0.25, 0.3) is 0 Å². The summed E-state index contributed by atoms with van der Waals surface area (Å²) in [6.45, 7) is 6.64. The number of aromatic nitrogens is 1. The van der Waals surface area contributed by atoms with E-state index in [4.69, 9.17) is 10.1 Å². The van der Waals surface area contributed by atoms with Gasteiger partial charge in [0, 0.05) is 29.6 Å². The van der Waals surface area contributed by atoms with E-state index < -0.39 is 0 Å². The first-order chi connectivity index (χ1) is 18.0. The Morgan fingerprint density at radius 2 is 1.78 bits per heavy atom.